The first-order valence-electron chi connectivity index (χ1n) is 6.95. The molecule has 0 aliphatic heterocycles. The minimum absolute atomic E-state index is 0.614. The number of rotatable bonds is 7. The Morgan fingerprint density at radius 3 is 2.60 bits per heavy atom. The van der Waals surface area contributed by atoms with Crippen molar-refractivity contribution in [1.29, 1.82) is 0 Å². The monoisotopic (exact) mass is 381 g/mol. The highest BCUT2D eigenvalue weighted by atomic mass is 127. The summed E-state index contributed by atoms with van der Waals surface area (Å²) in [5.41, 5.74) is 2.46. The lowest BCUT2D eigenvalue weighted by Crippen LogP contribution is -2.13. The molecule has 0 aliphatic rings. The summed E-state index contributed by atoms with van der Waals surface area (Å²) in [7, 11) is 0. The third kappa shape index (κ3) is 5.13. The maximum absolute atomic E-state index is 5.85. The fourth-order valence-corrected chi connectivity index (χ4v) is 2.26. The fourth-order valence-electron chi connectivity index (χ4n) is 1.90. The Morgan fingerprint density at radius 1 is 1.05 bits per heavy atom. The van der Waals surface area contributed by atoms with Crippen LogP contribution in [0.2, 0.25) is 0 Å². The molecule has 20 heavy (non-hydrogen) atoms. The van der Waals surface area contributed by atoms with Crippen LogP contribution in [-0.2, 0) is 13.2 Å². The van der Waals surface area contributed by atoms with Crippen LogP contribution in [-0.4, -0.2) is 6.54 Å². The van der Waals surface area contributed by atoms with Gasteiger partial charge < -0.3 is 10.1 Å². The summed E-state index contributed by atoms with van der Waals surface area (Å²) in [5.74, 6) is 0.930. The fraction of sp³-hybridized carbons (Fsp3) is 0.294. The molecular formula is C17H20INO. The van der Waals surface area contributed by atoms with Gasteiger partial charge in [-0.1, -0.05) is 31.2 Å². The number of ether oxygens (including phenoxy) is 1. The van der Waals surface area contributed by atoms with Crippen molar-refractivity contribution in [3.63, 3.8) is 0 Å². The zero-order valence-electron chi connectivity index (χ0n) is 11.7. The van der Waals surface area contributed by atoms with Gasteiger partial charge in [-0.25, -0.2) is 0 Å². The van der Waals surface area contributed by atoms with Crippen LogP contribution < -0.4 is 10.1 Å². The molecule has 2 aromatic rings. The maximum atomic E-state index is 5.85. The van der Waals surface area contributed by atoms with Crippen molar-refractivity contribution in [2.45, 2.75) is 26.5 Å². The van der Waals surface area contributed by atoms with Gasteiger partial charge in [0, 0.05) is 10.1 Å². The lowest BCUT2D eigenvalue weighted by atomic mass is 10.2. The zero-order valence-corrected chi connectivity index (χ0v) is 13.9. The van der Waals surface area contributed by atoms with Crippen molar-refractivity contribution in [2.75, 3.05) is 6.54 Å². The molecular weight excluding hydrogens is 361 g/mol. The molecule has 0 saturated carbocycles. The van der Waals surface area contributed by atoms with E-state index in [0.717, 1.165) is 25.3 Å². The van der Waals surface area contributed by atoms with Crippen molar-refractivity contribution < 1.29 is 4.74 Å². The van der Waals surface area contributed by atoms with Gasteiger partial charge in [0.25, 0.3) is 0 Å². The van der Waals surface area contributed by atoms with Gasteiger partial charge in [0.1, 0.15) is 12.4 Å². The van der Waals surface area contributed by atoms with E-state index in [1.807, 2.05) is 12.1 Å². The predicted molar refractivity (Wildman–Crippen MR) is 91.9 cm³/mol. The van der Waals surface area contributed by atoms with Crippen LogP contribution in [0.5, 0.6) is 5.75 Å². The van der Waals surface area contributed by atoms with E-state index in [0.29, 0.717) is 6.61 Å². The second kappa shape index (κ2) is 8.27. The van der Waals surface area contributed by atoms with Crippen LogP contribution in [0.1, 0.15) is 24.5 Å². The van der Waals surface area contributed by atoms with Crippen LogP contribution in [0, 0.1) is 3.57 Å². The highest BCUT2D eigenvalue weighted by Gasteiger charge is 1.98. The third-order valence-corrected chi connectivity index (χ3v) is 3.69. The number of benzene rings is 2. The lowest BCUT2D eigenvalue weighted by Gasteiger charge is -2.09. The van der Waals surface area contributed by atoms with E-state index in [1.165, 1.54) is 14.7 Å². The molecule has 0 amide bonds. The van der Waals surface area contributed by atoms with Gasteiger partial charge in [0.05, 0.1) is 0 Å². The Balaban J connectivity index is 1.89. The molecule has 0 bridgehead atoms. The molecule has 3 heteroatoms. The molecule has 0 saturated heterocycles. The maximum Gasteiger partial charge on any atom is 0.120 e. The van der Waals surface area contributed by atoms with E-state index < -0.39 is 0 Å². The van der Waals surface area contributed by atoms with Gasteiger partial charge in [-0.3, -0.25) is 0 Å². The lowest BCUT2D eigenvalue weighted by molar-refractivity contribution is 0.306. The van der Waals surface area contributed by atoms with E-state index in [-0.39, 0.29) is 0 Å². The Bertz CT molecular complexity index is 525. The Hall–Kier alpha value is -1.07. The van der Waals surface area contributed by atoms with Crippen molar-refractivity contribution in [2.24, 2.45) is 0 Å². The van der Waals surface area contributed by atoms with E-state index in [1.54, 1.807) is 0 Å². The Labute approximate surface area is 134 Å². The van der Waals surface area contributed by atoms with Gasteiger partial charge in [0.2, 0.25) is 0 Å². The van der Waals surface area contributed by atoms with Gasteiger partial charge in [-0.15, -0.1) is 0 Å². The standard InChI is InChI=1S/C17H20INO/c1-2-10-19-12-15-4-3-5-17(11-15)20-13-14-6-8-16(18)9-7-14/h3-9,11,19H,2,10,12-13H2,1H3. The molecule has 106 valence electrons. The van der Waals surface area contributed by atoms with E-state index in [2.05, 4.69) is 71.2 Å². The number of halogens is 1. The number of hydrogen-bond acceptors (Lipinski definition) is 2. The SMILES string of the molecule is CCCNCc1cccc(OCc2ccc(I)cc2)c1. The van der Waals surface area contributed by atoms with Crippen LogP contribution in [0.3, 0.4) is 0 Å². The number of hydrogen-bond donors (Lipinski definition) is 1. The molecule has 0 heterocycles. The van der Waals surface area contributed by atoms with Gasteiger partial charge in [-0.2, -0.15) is 0 Å². The van der Waals surface area contributed by atoms with Crippen molar-refractivity contribution in [3.8, 4) is 5.75 Å². The zero-order chi connectivity index (χ0) is 14.2. The average Bonchev–Trinajstić information content (AvgIpc) is 2.47. The Morgan fingerprint density at radius 2 is 1.85 bits per heavy atom. The smallest absolute Gasteiger partial charge is 0.120 e. The largest absolute Gasteiger partial charge is 0.489 e. The molecule has 2 rings (SSSR count). The second-order valence-electron chi connectivity index (χ2n) is 4.74. The van der Waals surface area contributed by atoms with Crippen LogP contribution in [0.25, 0.3) is 0 Å². The van der Waals surface area contributed by atoms with Crippen LogP contribution in [0.15, 0.2) is 48.5 Å². The van der Waals surface area contributed by atoms with Crippen LogP contribution in [0.4, 0.5) is 0 Å². The van der Waals surface area contributed by atoms with E-state index in [9.17, 15) is 0 Å². The molecule has 0 spiro atoms. The molecule has 0 unspecified atom stereocenters. The summed E-state index contributed by atoms with van der Waals surface area (Å²) in [4.78, 5) is 0. The first-order chi connectivity index (χ1) is 9.78. The molecule has 0 radical (unpaired) electrons. The summed E-state index contributed by atoms with van der Waals surface area (Å²) in [6, 6.07) is 16.7. The molecule has 0 fully saturated rings. The van der Waals surface area contributed by atoms with Crippen molar-refractivity contribution in [1.82, 2.24) is 5.32 Å². The molecule has 0 aliphatic carbocycles. The summed E-state index contributed by atoms with van der Waals surface area (Å²) in [6.45, 7) is 4.73. The quantitative estimate of drug-likeness (QED) is 0.568. The highest BCUT2D eigenvalue weighted by molar-refractivity contribution is 14.1. The first-order valence-corrected chi connectivity index (χ1v) is 8.02. The molecule has 0 aromatic heterocycles. The second-order valence-corrected chi connectivity index (χ2v) is 5.98. The Kier molecular flexibility index (Phi) is 6.33. The van der Waals surface area contributed by atoms with Crippen molar-refractivity contribution >= 4 is 22.6 Å². The van der Waals surface area contributed by atoms with Gasteiger partial charge in [0.15, 0.2) is 0 Å². The predicted octanol–water partition coefficient (Wildman–Crippen LogP) is 4.37. The highest BCUT2D eigenvalue weighted by Crippen LogP contribution is 2.16. The normalized spacial score (nSPS) is 10.5. The van der Waals surface area contributed by atoms with Crippen LogP contribution >= 0.6 is 22.6 Å². The van der Waals surface area contributed by atoms with Gasteiger partial charge in [-0.05, 0) is 70.9 Å². The van der Waals surface area contributed by atoms with Crippen molar-refractivity contribution in [3.05, 3.63) is 63.2 Å². The molecule has 2 aromatic carbocycles. The molecule has 1 N–H and O–H groups in total. The molecule has 0 atom stereocenters. The van der Waals surface area contributed by atoms with E-state index >= 15 is 0 Å². The first kappa shape index (κ1) is 15.3. The summed E-state index contributed by atoms with van der Waals surface area (Å²) in [6.07, 6.45) is 1.16. The summed E-state index contributed by atoms with van der Waals surface area (Å²) < 4.78 is 7.09. The third-order valence-electron chi connectivity index (χ3n) is 2.97. The van der Waals surface area contributed by atoms with Gasteiger partial charge >= 0.3 is 0 Å². The minimum Gasteiger partial charge on any atom is -0.489 e. The molecule has 2 nitrogen and oxygen atoms in total. The summed E-state index contributed by atoms with van der Waals surface area (Å²) in [5, 5.41) is 3.40. The minimum atomic E-state index is 0.614. The van der Waals surface area contributed by atoms with E-state index in [4.69, 9.17) is 4.74 Å². The summed E-state index contributed by atoms with van der Waals surface area (Å²) >= 11 is 2.31. The average molecular weight is 381 g/mol. The topological polar surface area (TPSA) is 21.3 Å². The number of nitrogens with one attached hydrogen (secondary N) is 1.